The summed E-state index contributed by atoms with van der Waals surface area (Å²) in [6.45, 7) is 0.248. The lowest BCUT2D eigenvalue weighted by Gasteiger charge is -2.17. The number of nitrogens with two attached hydrogens (primary N) is 1. The highest BCUT2D eigenvalue weighted by atomic mass is 35.5. The van der Waals surface area contributed by atoms with Crippen LogP contribution in [0.4, 0.5) is 5.69 Å². The number of oxazole rings is 1. The van der Waals surface area contributed by atoms with Gasteiger partial charge in [0.2, 0.25) is 17.7 Å². The van der Waals surface area contributed by atoms with E-state index in [1.54, 1.807) is 36.4 Å². The molecule has 1 atom stereocenters. The van der Waals surface area contributed by atoms with Gasteiger partial charge in [-0.3, -0.25) is 9.59 Å². The number of amides is 2. The highest BCUT2D eigenvalue weighted by Crippen LogP contribution is 2.35. The van der Waals surface area contributed by atoms with Gasteiger partial charge >= 0.3 is 0 Å². The van der Waals surface area contributed by atoms with Crippen molar-refractivity contribution in [2.45, 2.75) is 6.42 Å². The third-order valence-corrected chi connectivity index (χ3v) is 4.93. The Morgan fingerprint density at radius 3 is 2.77 bits per heavy atom. The standard InChI is InChI=1S/C18H13Cl2N3O3/c19-10-1-4-15-14(6-10)22-18(26-15)12-7-11(2-3-13(12)20)23-8-9(17(21)25)5-16(23)24/h1-4,6-7,9H,5,8H2,(H2,21,25). The average Bonchev–Trinajstić information content (AvgIpc) is 3.18. The molecular formula is C18H13Cl2N3O3. The lowest BCUT2D eigenvalue weighted by molar-refractivity contribution is -0.123. The minimum Gasteiger partial charge on any atom is -0.436 e. The van der Waals surface area contributed by atoms with Gasteiger partial charge in [-0.1, -0.05) is 23.2 Å². The summed E-state index contributed by atoms with van der Waals surface area (Å²) < 4.78 is 5.76. The van der Waals surface area contributed by atoms with E-state index in [9.17, 15) is 9.59 Å². The second-order valence-electron chi connectivity index (χ2n) is 6.10. The van der Waals surface area contributed by atoms with Gasteiger partial charge in [-0.2, -0.15) is 0 Å². The fraction of sp³-hybridized carbons (Fsp3) is 0.167. The van der Waals surface area contributed by atoms with Gasteiger partial charge in [0.1, 0.15) is 5.52 Å². The van der Waals surface area contributed by atoms with Crippen molar-refractivity contribution in [1.82, 2.24) is 4.98 Å². The van der Waals surface area contributed by atoms with Crippen LogP contribution in [0.1, 0.15) is 6.42 Å². The molecule has 6 nitrogen and oxygen atoms in total. The van der Waals surface area contributed by atoms with Gasteiger partial charge in [-0.25, -0.2) is 4.98 Å². The highest BCUT2D eigenvalue weighted by Gasteiger charge is 2.34. The second-order valence-corrected chi connectivity index (χ2v) is 6.95. The zero-order valence-corrected chi connectivity index (χ0v) is 14.9. The van der Waals surface area contributed by atoms with Crippen LogP contribution in [-0.2, 0) is 9.59 Å². The minimum atomic E-state index is -0.493. The molecule has 1 saturated heterocycles. The first-order valence-corrected chi connectivity index (χ1v) is 8.63. The molecule has 1 aliphatic rings. The number of fused-ring (bicyclic) bond motifs is 1. The van der Waals surface area contributed by atoms with Gasteiger partial charge < -0.3 is 15.1 Å². The predicted molar refractivity (Wildman–Crippen MR) is 99.1 cm³/mol. The maximum atomic E-state index is 12.2. The van der Waals surface area contributed by atoms with Gasteiger partial charge in [0, 0.05) is 23.7 Å². The Labute approximate surface area is 158 Å². The van der Waals surface area contributed by atoms with Gasteiger partial charge in [-0.15, -0.1) is 0 Å². The molecule has 0 saturated carbocycles. The summed E-state index contributed by atoms with van der Waals surface area (Å²) in [4.78, 5) is 29.6. The molecule has 8 heteroatoms. The lowest BCUT2D eigenvalue weighted by Crippen LogP contribution is -2.28. The van der Waals surface area contributed by atoms with Crippen molar-refractivity contribution < 1.29 is 14.0 Å². The van der Waals surface area contributed by atoms with E-state index in [-0.39, 0.29) is 18.9 Å². The first kappa shape index (κ1) is 16.9. The summed E-state index contributed by atoms with van der Waals surface area (Å²) in [5.74, 6) is -0.808. The van der Waals surface area contributed by atoms with E-state index >= 15 is 0 Å². The largest absolute Gasteiger partial charge is 0.436 e. The summed E-state index contributed by atoms with van der Waals surface area (Å²) in [6.07, 6.45) is 0.106. The molecule has 0 spiro atoms. The number of aromatic nitrogens is 1. The third kappa shape index (κ3) is 2.91. The van der Waals surface area contributed by atoms with Gasteiger partial charge in [0.15, 0.2) is 5.58 Å². The Bertz CT molecular complexity index is 1050. The molecule has 0 bridgehead atoms. The number of primary amides is 1. The van der Waals surface area contributed by atoms with Crippen molar-refractivity contribution in [3.8, 4) is 11.5 Å². The van der Waals surface area contributed by atoms with Crippen LogP contribution in [0, 0.1) is 5.92 Å². The Balaban J connectivity index is 1.74. The molecule has 0 aliphatic carbocycles. The Morgan fingerprint density at radius 1 is 1.23 bits per heavy atom. The summed E-state index contributed by atoms with van der Waals surface area (Å²) in [7, 11) is 0. The molecule has 2 aromatic carbocycles. The van der Waals surface area contributed by atoms with Crippen molar-refractivity contribution in [1.29, 1.82) is 0 Å². The number of nitrogens with zero attached hydrogens (tertiary/aromatic N) is 2. The van der Waals surface area contributed by atoms with Gasteiger partial charge in [0.25, 0.3) is 0 Å². The first-order valence-electron chi connectivity index (χ1n) is 7.88. The monoisotopic (exact) mass is 389 g/mol. The van der Waals surface area contributed by atoms with Crippen LogP contribution in [-0.4, -0.2) is 23.3 Å². The molecule has 1 unspecified atom stereocenters. The molecule has 26 heavy (non-hydrogen) atoms. The third-order valence-electron chi connectivity index (χ3n) is 4.37. The van der Waals surface area contributed by atoms with E-state index in [1.165, 1.54) is 4.90 Å². The normalized spacial score (nSPS) is 17.2. The molecule has 4 rings (SSSR count). The molecule has 0 radical (unpaired) electrons. The number of benzene rings is 2. The number of rotatable bonds is 3. The van der Waals surface area contributed by atoms with E-state index in [0.717, 1.165) is 0 Å². The lowest BCUT2D eigenvalue weighted by atomic mass is 10.1. The van der Waals surface area contributed by atoms with E-state index in [4.69, 9.17) is 33.4 Å². The fourth-order valence-electron chi connectivity index (χ4n) is 3.01. The summed E-state index contributed by atoms with van der Waals surface area (Å²) >= 11 is 12.3. The van der Waals surface area contributed by atoms with Gasteiger partial charge in [0.05, 0.1) is 16.5 Å². The second kappa shape index (κ2) is 6.30. The van der Waals surface area contributed by atoms with Crippen molar-refractivity contribution >= 4 is 51.8 Å². The van der Waals surface area contributed by atoms with Crippen LogP contribution in [0.2, 0.25) is 10.0 Å². The number of hydrogen-bond donors (Lipinski definition) is 1. The molecule has 3 aromatic rings. The van der Waals surface area contributed by atoms with Crippen LogP contribution in [0.3, 0.4) is 0 Å². The van der Waals surface area contributed by atoms with Crippen LogP contribution < -0.4 is 10.6 Å². The Hall–Kier alpha value is -2.57. The average molecular weight is 390 g/mol. The van der Waals surface area contributed by atoms with Crippen LogP contribution in [0.5, 0.6) is 0 Å². The zero-order chi connectivity index (χ0) is 18.4. The molecule has 132 valence electrons. The van der Waals surface area contributed by atoms with Crippen molar-refractivity contribution in [2.75, 3.05) is 11.4 Å². The van der Waals surface area contributed by atoms with E-state index in [0.29, 0.717) is 38.3 Å². The van der Waals surface area contributed by atoms with Crippen LogP contribution >= 0.6 is 23.2 Å². The molecule has 2 amide bonds. The predicted octanol–water partition coefficient (Wildman–Crippen LogP) is 3.64. The number of carbonyl (C=O) groups excluding carboxylic acids is 2. The number of carbonyl (C=O) groups is 2. The number of anilines is 1. The molecule has 1 aliphatic heterocycles. The maximum absolute atomic E-state index is 12.2. The Morgan fingerprint density at radius 2 is 2.04 bits per heavy atom. The summed E-state index contributed by atoms with van der Waals surface area (Å²) in [6, 6.07) is 10.2. The number of hydrogen-bond acceptors (Lipinski definition) is 4. The quantitative estimate of drug-likeness (QED) is 0.740. The SMILES string of the molecule is NC(=O)C1CC(=O)N(c2ccc(Cl)c(-c3nc4cc(Cl)ccc4o3)c2)C1. The van der Waals surface area contributed by atoms with Crippen LogP contribution in [0.15, 0.2) is 40.8 Å². The molecule has 1 fully saturated rings. The zero-order valence-electron chi connectivity index (χ0n) is 13.4. The highest BCUT2D eigenvalue weighted by molar-refractivity contribution is 6.33. The topological polar surface area (TPSA) is 89.4 Å². The molecule has 2 heterocycles. The van der Waals surface area contributed by atoms with Crippen LogP contribution in [0.25, 0.3) is 22.6 Å². The maximum Gasteiger partial charge on any atom is 0.228 e. The summed E-state index contributed by atoms with van der Waals surface area (Å²) in [5.41, 5.74) is 7.68. The van der Waals surface area contributed by atoms with Crippen molar-refractivity contribution in [3.05, 3.63) is 46.4 Å². The van der Waals surface area contributed by atoms with E-state index in [1.807, 2.05) is 0 Å². The smallest absolute Gasteiger partial charge is 0.228 e. The van der Waals surface area contributed by atoms with Crippen molar-refractivity contribution in [2.24, 2.45) is 11.7 Å². The minimum absolute atomic E-state index is 0.106. The van der Waals surface area contributed by atoms with Crippen molar-refractivity contribution in [3.63, 3.8) is 0 Å². The summed E-state index contributed by atoms with van der Waals surface area (Å²) in [5, 5.41) is 0.988. The Kier molecular flexibility index (Phi) is 4.09. The fourth-order valence-corrected chi connectivity index (χ4v) is 3.37. The molecule has 2 N–H and O–H groups in total. The first-order chi connectivity index (χ1) is 12.4. The number of halogens is 2. The van der Waals surface area contributed by atoms with E-state index in [2.05, 4.69) is 4.98 Å². The van der Waals surface area contributed by atoms with E-state index < -0.39 is 11.8 Å². The van der Waals surface area contributed by atoms with Gasteiger partial charge in [-0.05, 0) is 36.4 Å². The molecule has 1 aromatic heterocycles. The molecular weight excluding hydrogens is 377 g/mol.